The number of hydrogen-bond donors (Lipinski definition) is 1. The van der Waals surface area contributed by atoms with Crippen LogP contribution in [0.2, 0.25) is 0 Å². The number of carbonyl (C=O) groups is 1. The predicted molar refractivity (Wildman–Crippen MR) is 68.3 cm³/mol. The predicted octanol–water partition coefficient (Wildman–Crippen LogP) is 2.39. The van der Waals surface area contributed by atoms with Crippen LogP contribution in [0.3, 0.4) is 0 Å². The molecule has 6 heteroatoms. The fraction of sp³-hybridized carbons (Fsp3) is 0.0833. The van der Waals surface area contributed by atoms with E-state index in [0.717, 1.165) is 0 Å². The number of halogens is 1. The maximum atomic E-state index is 11.4. The second-order valence-electron chi connectivity index (χ2n) is 3.78. The Balaban J connectivity index is 2.78. The first-order chi connectivity index (χ1) is 8.39. The van der Waals surface area contributed by atoms with Gasteiger partial charge < -0.3 is 5.11 Å². The van der Waals surface area contributed by atoms with E-state index in [1.54, 1.807) is 24.3 Å². The zero-order valence-corrected chi connectivity index (χ0v) is 10.7. The maximum Gasteiger partial charge on any atom is 0.307 e. The van der Waals surface area contributed by atoms with Crippen molar-refractivity contribution in [1.29, 1.82) is 0 Å². The molecule has 2 aromatic rings. The highest BCUT2D eigenvalue weighted by Crippen LogP contribution is 2.28. The van der Waals surface area contributed by atoms with Crippen molar-refractivity contribution in [3.8, 4) is 0 Å². The molecule has 2 aromatic carbocycles. The molecule has 0 aliphatic carbocycles. The molecule has 94 valence electrons. The van der Waals surface area contributed by atoms with Crippen molar-refractivity contribution in [2.75, 3.05) is 0 Å². The van der Waals surface area contributed by atoms with Gasteiger partial charge >= 0.3 is 5.97 Å². The number of benzene rings is 2. The first-order valence-electron chi connectivity index (χ1n) is 5.06. The number of fused-ring (bicyclic) bond motifs is 1. The summed E-state index contributed by atoms with van der Waals surface area (Å²) in [6.07, 6.45) is -0.164. The molecule has 0 saturated heterocycles. The van der Waals surface area contributed by atoms with Gasteiger partial charge in [-0.2, -0.15) is 0 Å². The third-order valence-corrected chi connectivity index (χ3v) is 3.96. The van der Waals surface area contributed by atoms with Crippen LogP contribution >= 0.6 is 10.7 Å². The van der Waals surface area contributed by atoms with E-state index in [1.807, 2.05) is 0 Å². The lowest BCUT2D eigenvalue weighted by atomic mass is 10.0. The van der Waals surface area contributed by atoms with Crippen LogP contribution in [0.1, 0.15) is 5.56 Å². The Morgan fingerprint density at radius 1 is 1.11 bits per heavy atom. The van der Waals surface area contributed by atoms with Gasteiger partial charge in [0.15, 0.2) is 0 Å². The highest BCUT2D eigenvalue weighted by molar-refractivity contribution is 8.14. The summed E-state index contributed by atoms with van der Waals surface area (Å²) < 4.78 is 22.9. The van der Waals surface area contributed by atoms with Gasteiger partial charge in [-0.25, -0.2) is 8.42 Å². The lowest BCUT2D eigenvalue weighted by Gasteiger charge is -2.07. The number of hydrogen-bond acceptors (Lipinski definition) is 3. The third kappa shape index (κ3) is 2.47. The van der Waals surface area contributed by atoms with Crippen molar-refractivity contribution in [2.45, 2.75) is 11.3 Å². The number of carboxylic acids is 1. The summed E-state index contributed by atoms with van der Waals surface area (Å²) in [5.74, 6) is -0.971. The number of carboxylic acid groups (broad SMARTS) is 1. The number of rotatable bonds is 3. The van der Waals surface area contributed by atoms with E-state index < -0.39 is 15.0 Å². The molecule has 1 N–H and O–H groups in total. The Labute approximate surface area is 108 Å². The van der Waals surface area contributed by atoms with Crippen molar-refractivity contribution in [2.24, 2.45) is 0 Å². The van der Waals surface area contributed by atoms with E-state index in [1.165, 1.54) is 12.1 Å². The Morgan fingerprint density at radius 3 is 2.28 bits per heavy atom. The third-order valence-electron chi connectivity index (χ3n) is 2.58. The van der Waals surface area contributed by atoms with E-state index in [4.69, 9.17) is 15.8 Å². The molecule has 0 atom stereocenters. The largest absolute Gasteiger partial charge is 0.481 e. The van der Waals surface area contributed by atoms with Crippen molar-refractivity contribution in [1.82, 2.24) is 0 Å². The molecule has 4 nitrogen and oxygen atoms in total. The first-order valence-corrected chi connectivity index (χ1v) is 7.37. The second kappa shape index (κ2) is 4.59. The smallest absolute Gasteiger partial charge is 0.307 e. The monoisotopic (exact) mass is 284 g/mol. The minimum absolute atomic E-state index is 0.00564. The summed E-state index contributed by atoms with van der Waals surface area (Å²) in [6, 6.07) is 9.50. The summed E-state index contributed by atoms with van der Waals surface area (Å²) in [6.45, 7) is 0. The van der Waals surface area contributed by atoms with Gasteiger partial charge in [0.25, 0.3) is 9.05 Å². The lowest BCUT2D eigenvalue weighted by molar-refractivity contribution is -0.136. The summed E-state index contributed by atoms with van der Waals surface area (Å²) in [4.78, 5) is 10.7. The minimum atomic E-state index is -3.85. The fourth-order valence-corrected chi connectivity index (χ4v) is 2.94. The topological polar surface area (TPSA) is 71.4 Å². The van der Waals surface area contributed by atoms with Gasteiger partial charge in [0, 0.05) is 16.1 Å². The van der Waals surface area contributed by atoms with Crippen LogP contribution in [0.25, 0.3) is 10.8 Å². The summed E-state index contributed by atoms with van der Waals surface area (Å²) in [5.41, 5.74) is 0.558. The van der Waals surface area contributed by atoms with Gasteiger partial charge in [0.1, 0.15) is 0 Å². The van der Waals surface area contributed by atoms with Crippen LogP contribution in [0, 0.1) is 0 Å². The molecule has 0 spiro atoms. The molecule has 0 saturated carbocycles. The molecule has 0 aliphatic heterocycles. The van der Waals surface area contributed by atoms with E-state index in [9.17, 15) is 13.2 Å². The fourth-order valence-electron chi connectivity index (χ4n) is 1.86. The van der Waals surface area contributed by atoms with Gasteiger partial charge in [0.2, 0.25) is 0 Å². The van der Waals surface area contributed by atoms with E-state index in [-0.39, 0.29) is 11.3 Å². The molecule has 0 fully saturated rings. The van der Waals surface area contributed by atoms with Crippen molar-refractivity contribution >= 4 is 36.5 Å². The summed E-state index contributed by atoms with van der Waals surface area (Å²) >= 11 is 0. The average molecular weight is 285 g/mol. The molecule has 0 heterocycles. The summed E-state index contributed by atoms with van der Waals surface area (Å²) in [5, 5.41) is 9.83. The van der Waals surface area contributed by atoms with E-state index >= 15 is 0 Å². The van der Waals surface area contributed by atoms with Crippen LogP contribution in [-0.4, -0.2) is 19.5 Å². The Morgan fingerprint density at radius 2 is 1.72 bits per heavy atom. The standard InChI is InChI=1S/C12H9ClO4S/c13-18(16,17)11-6-5-8(7-12(14)15)9-3-1-2-4-10(9)11/h1-6H,7H2,(H,14,15). The molecular formula is C12H9ClO4S. The minimum Gasteiger partial charge on any atom is -0.481 e. The number of aliphatic carboxylic acids is 1. The molecule has 0 amide bonds. The Bertz CT molecular complexity index is 722. The van der Waals surface area contributed by atoms with Crippen LogP contribution < -0.4 is 0 Å². The molecule has 18 heavy (non-hydrogen) atoms. The summed E-state index contributed by atoms with van der Waals surface area (Å²) in [7, 11) is 1.50. The Kier molecular flexibility index (Phi) is 3.28. The highest BCUT2D eigenvalue weighted by atomic mass is 35.7. The zero-order chi connectivity index (χ0) is 13.3. The zero-order valence-electron chi connectivity index (χ0n) is 9.13. The van der Waals surface area contributed by atoms with Gasteiger partial charge in [-0.05, 0) is 17.0 Å². The van der Waals surface area contributed by atoms with Crippen LogP contribution in [0.15, 0.2) is 41.3 Å². The van der Waals surface area contributed by atoms with Gasteiger partial charge in [-0.3, -0.25) is 4.79 Å². The molecule has 0 bridgehead atoms. The van der Waals surface area contributed by atoms with E-state index in [2.05, 4.69) is 0 Å². The lowest BCUT2D eigenvalue weighted by Crippen LogP contribution is -2.02. The SMILES string of the molecule is O=C(O)Cc1ccc(S(=O)(=O)Cl)c2ccccc12. The normalized spacial score (nSPS) is 11.6. The van der Waals surface area contributed by atoms with Gasteiger partial charge in [-0.15, -0.1) is 0 Å². The molecule has 0 aliphatic rings. The molecule has 0 unspecified atom stereocenters. The molecular weight excluding hydrogens is 276 g/mol. The second-order valence-corrected chi connectivity index (χ2v) is 6.31. The van der Waals surface area contributed by atoms with Crippen LogP contribution in [0.4, 0.5) is 0 Å². The van der Waals surface area contributed by atoms with Gasteiger partial charge in [0.05, 0.1) is 11.3 Å². The molecule has 2 rings (SSSR count). The maximum absolute atomic E-state index is 11.4. The Hall–Kier alpha value is -1.59. The van der Waals surface area contributed by atoms with Crippen molar-refractivity contribution in [3.05, 3.63) is 42.0 Å². The van der Waals surface area contributed by atoms with Crippen LogP contribution in [0.5, 0.6) is 0 Å². The average Bonchev–Trinajstić information content (AvgIpc) is 2.27. The quantitative estimate of drug-likeness (QED) is 0.879. The van der Waals surface area contributed by atoms with Crippen molar-refractivity contribution in [3.63, 3.8) is 0 Å². The molecule has 0 radical (unpaired) electrons. The van der Waals surface area contributed by atoms with E-state index in [0.29, 0.717) is 16.3 Å². The van der Waals surface area contributed by atoms with Crippen LogP contribution in [-0.2, 0) is 20.3 Å². The van der Waals surface area contributed by atoms with Gasteiger partial charge in [-0.1, -0.05) is 30.3 Å². The highest BCUT2D eigenvalue weighted by Gasteiger charge is 2.16. The molecule has 0 aromatic heterocycles. The first kappa shape index (κ1) is 12.9. The van der Waals surface area contributed by atoms with Crippen molar-refractivity contribution < 1.29 is 18.3 Å².